The molecule has 1 aliphatic rings. The number of benzene rings is 1. The molecule has 31 heavy (non-hydrogen) atoms. The lowest BCUT2D eigenvalue weighted by molar-refractivity contribution is -0.121. The summed E-state index contributed by atoms with van der Waals surface area (Å²) in [6.07, 6.45) is 6.51. The smallest absolute Gasteiger partial charge is 0.240 e. The van der Waals surface area contributed by atoms with Crippen LogP contribution in [0.25, 0.3) is 11.0 Å². The normalized spacial score (nSPS) is 16.9. The zero-order chi connectivity index (χ0) is 21.6. The fourth-order valence-electron chi connectivity index (χ4n) is 3.59. The lowest BCUT2D eigenvalue weighted by atomic mass is 9.94. The molecule has 1 atom stereocenters. The highest BCUT2D eigenvalue weighted by atomic mass is 16.2. The van der Waals surface area contributed by atoms with Crippen LogP contribution in [-0.4, -0.2) is 50.6 Å². The first-order valence-electron chi connectivity index (χ1n) is 10.5. The van der Waals surface area contributed by atoms with Gasteiger partial charge in [0, 0.05) is 43.6 Å². The molecule has 2 aromatic heterocycles. The molecule has 10 nitrogen and oxygen atoms in total. The number of guanidine groups is 1. The number of aryl methyl sites for hydroxylation is 1. The summed E-state index contributed by atoms with van der Waals surface area (Å²) in [7, 11) is 0. The van der Waals surface area contributed by atoms with Crippen molar-refractivity contribution in [2.75, 3.05) is 13.1 Å². The maximum atomic E-state index is 11.5. The van der Waals surface area contributed by atoms with Gasteiger partial charge in [0.15, 0.2) is 5.96 Å². The molecule has 10 heteroatoms. The first-order chi connectivity index (χ1) is 15.1. The molecule has 0 saturated heterocycles. The first-order valence-corrected chi connectivity index (χ1v) is 10.5. The largest absolute Gasteiger partial charge is 0.370 e. The second kappa shape index (κ2) is 9.41. The minimum absolute atomic E-state index is 0.0497. The summed E-state index contributed by atoms with van der Waals surface area (Å²) in [5.41, 5.74) is 13.2. The second-order valence-electron chi connectivity index (χ2n) is 7.66. The monoisotopic (exact) mass is 421 g/mol. The van der Waals surface area contributed by atoms with E-state index in [9.17, 15) is 4.79 Å². The lowest BCUT2D eigenvalue weighted by Gasteiger charge is -2.18. The Balaban J connectivity index is 1.29. The summed E-state index contributed by atoms with van der Waals surface area (Å²) < 4.78 is 0. The molecule has 3 aromatic rings. The summed E-state index contributed by atoms with van der Waals surface area (Å²) in [6, 6.07) is 5.99. The molecular weight excluding hydrogens is 394 g/mol. The summed E-state index contributed by atoms with van der Waals surface area (Å²) in [6.45, 7) is 3.30. The maximum absolute atomic E-state index is 11.5. The molecule has 6 N–H and O–H groups in total. The average Bonchev–Trinajstić information content (AvgIpc) is 3.40. The van der Waals surface area contributed by atoms with E-state index in [1.54, 1.807) is 6.33 Å². The second-order valence-corrected chi connectivity index (χ2v) is 7.66. The lowest BCUT2D eigenvalue weighted by Crippen LogP contribution is -2.32. The van der Waals surface area contributed by atoms with Gasteiger partial charge in [0.2, 0.25) is 5.91 Å². The number of nitrogens with one attached hydrogen (secondary N) is 4. The fraction of sp³-hybridized carbons (Fsp3) is 0.381. The number of hydrazone groups is 1. The Morgan fingerprint density at radius 3 is 3.06 bits per heavy atom. The molecule has 0 aliphatic carbocycles. The highest BCUT2D eigenvalue weighted by Crippen LogP contribution is 2.20. The van der Waals surface area contributed by atoms with E-state index in [4.69, 9.17) is 5.73 Å². The van der Waals surface area contributed by atoms with Crippen LogP contribution in [0.3, 0.4) is 0 Å². The highest BCUT2D eigenvalue weighted by Gasteiger charge is 2.22. The van der Waals surface area contributed by atoms with Crippen LogP contribution in [0.2, 0.25) is 0 Å². The molecule has 1 amide bonds. The number of carbonyl (C=O) groups is 1. The summed E-state index contributed by atoms with van der Waals surface area (Å²) in [5.74, 6) is 1.32. The number of fused-ring (bicyclic) bond motifs is 1. The van der Waals surface area contributed by atoms with Gasteiger partial charge in [-0.25, -0.2) is 15.4 Å². The summed E-state index contributed by atoms with van der Waals surface area (Å²) in [4.78, 5) is 31.0. The number of amides is 1. The minimum Gasteiger partial charge on any atom is -0.370 e. The molecule has 3 heterocycles. The van der Waals surface area contributed by atoms with Crippen LogP contribution in [0.4, 0.5) is 0 Å². The minimum atomic E-state index is -0.0497. The molecule has 0 bridgehead atoms. The molecule has 1 aliphatic heterocycles. The third-order valence-corrected chi connectivity index (χ3v) is 5.19. The van der Waals surface area contributed by atoms with Crippen LogP contribution >= 0.6 is 0 Å². The third kappa shape index (κ3) is 5.27. The molecule has 0 radical (unpaired) electrons. The van der Waals surface area contributed by atoms with Gasteiger partial charge in [-0.3, -0.25) is 9.79 Å². The maximum Gasteiger partial charge on any atom is 0.240 e. The number of H-pyrrole nitrogens is 2. The number of nitrogens with two attached hydrogens (primary N) is 1. The number of aliphatic imine (C=N–C) groups is 1. The number of hydrogen-bond acceptors (Lipinski definition) is 5. The summed E-state index contributed by atoms with van der Waals surface area (Å²) in [5, 5.41) is 7.35. The van der Waals surface area contributed by atoms with Gasteiger partial charge in [0.1, 0.15) is 5.82 Å². The van der Waals surface area contributed by atoms with Crippen LogP contribution in [0.5, 0.6) is 0 Å². The van der Waals surface area contributed by atoms with E-state index in [1.165, 1.54) is 0 Å². The molecule has 1 aromatic carbocycles. The van der Waals surface area contributed by atoms with E-state index >= 15 is 0 Å². The van der Waals surface area contributed by atoms with Gasteiger partial charge in [-0.15, -0.1) is 0 Å². The number of imidazole rings is 2. The molecule has 162 valence electrons. The van der Waals surface area contributed by atoms with Gasteiger partial charge >= 0.3 is 0 Å². The van der Waals surface area contributed by atoms with E-state index in [0.717, 1.165) is 53.2 Å². The zero-order valence-corrected chi connectivity index (χ0v) is 17.5. The number of aromatic amines is 2. The Hall–Kier alpha value is -3.69. The van der Waals surface area contributed by atoms with Crippen LogP contribution in [-0.2, 0) is 17.6 Å². The van der Waals surface area contributed by atoms with Crippen molar-refractivity contribution in [1.29, 1.82) is 0 Å². The van der Waals surface area contributed by atoms with E-state index in [1.807, 2.05) is 31.3 Å². The fourth-order valence-corrected chi connectivity index (χ4v) is 3.59. The molecule has 0 spiro atoms. The van der Waals surface area contributed by atoms with Gasteiger partial charge in [0.25, 0.3) is 0 Å². The van der Waals surface area contributed by atoms with Gasteiger partial charge in [0.05, 0.1) is 28.8 Å². The topological polar surface area (TPSA) is 149 Å². The van der Waals surface area contributed by atoms with E-state index in [2.05, 4.69) is 40.8 Å². The Morgan fingerprint density at radius 1 is 1.35 bits per heavy atom. The number of rotatable bonds is 8. The standard InChI is InChI=1S/C21H27N9O/c1-13-9-19(31)29-30-20(13)14-4-5-16-17(10-14)28-18(27-16)6-8-25-21(22)24-7-2-3-15-11-23-12-26-15/h4-5,10-13H,2-3,6-9H2,1H3,(H,23,26)(H,27,28)(H,29,31)(H3,22,24,25). The van der Waals surface area contributed by atoms with Crippen molar-refractivity contribution in [3.8, 4) is 0 Å². The average molecular weight is 422 g/mol. The molecular formula is C21H27N9O. The number of aromatic nitrogens is 4. The van der Waals surface area contributed by atoms with Crippen molar-refractivity contribution in [3.05, 3.63) is 47.8 Å². The molecule has 0 saturated carbocycles. The zero-order valence-electron chi connectivity index (χ0n) is 17.5. The quantitative estimate of drug-likeness (QED) is 0.211. The van der Waals surface area contributed by atoms with Gasteiger partial charge < -0.3 is 21.0 Å². The van der Waals surface area contributed by atoms with Gasteiger partial charge in [-0.2, -0.15) is 5.10 Å². The third-order valence-electron chi connectivity index (χ3n) is 5.19. The Labute approximate surface area is 179 Å². The van der Waals surface area contributed by atoms with Gasteiger partial charge in [-0.05, 0) is 25.0 Å². The van der Waals surface area contributed by atoms with Crippen molar-refractivity contribution < 1.29 is 4.79 Å². The highest BCUT2D eigenvalue weighted by molar-refractivity contribution is 6.07. The van der Waals surface area contributed by atoms with Crippen molar-refractivity contribution in [3.63, 3.8) is 0 Å². The predicted octanol–water partition coefficient (Wildman–Crippen LogP) is 1.23. The Bertz CT molecular complexity index is 1100. The van der Waals surface area contributed by atoms with Crippen molar-refractivity contribution >= 4 is 28.6 Å². The summed E-state index contributed by atoms with van der Waals surface area (Å²) >= 11 is 0. The number of carbonyl (C=O) groups excluding carboxylic acids is 1. The van der Waals surface area contributed by atoms with Crippen molar-refractivity contribution in [2.45, 2.75) is 32.6 Å². The molecule has 1 unspecified atom stereocenters. The van der Waals surface area contributed by atoms with E-state index < -0.39 is 0 Å². The van der Waals surface area contributed by atoms with Crippen LogP contribution in [0.1, 0.15) is 36.8 Å². The SMILES string of the molecule is CC1CC(=O)NN=C1c1ccc2[nH]c(CCN=C(N)NCCCc3c[nH]cn3)nc2c1. The van der Waals surface area contributed by atoms with Crippen LogP contribution < -0.4 is 16.5 Å². The van der Waals surface area contributed by atoms with Crippen molar-refractivity contribution in [2.24, 2.45) is 21.7 Å². The predicted molar refractivity (Wildman–Crippen MR) is 120 cm³/mol. The van der Waals surface area contributed by atoms with Crippen LogP contribution in [0, 0.1) is 5.92 Å². The molecule has 0 fully saturated rings. The van der Waals surface area contributed by atoms with E-state index in [0.29, 0.717) is 25.3 Å². The Morgan fingerprint density at radius 2 is 2.26 bits per heavy atom. The number of nitrogens with zero attached hydrogens (tertiary/aromatic N) is 4. The van der Waals surface area contributed by atoms with Crippen molar-refractivity contribution in [1.82, 2.24) is 30.7 Å². The van der Waals surface area contributed by atoms with E-state index in [-0.39, 0.29) is 11.8 Å². The van der Waals surface area contributed by atoms with Crippen LogP contribution in [0.15, 0.2) is 40.8 Å². The molecule has 4 rings (SSSR count). The van der Waals surface area contributed by atoms with Gasteiger partial charge in [-0.1, -0.05) is 13.0 Å². The number of hydrogen-bond donors (Lipinski definition) is 5. The first kappa shape index (κ1) is 20.6. The Kier molecular flexibility index (Phi) is 6.25.